The highest BCUT2D eigenvalue weighted by atomic mass is 16.5. The molecule has 96 valence electrons. The molecule has 1 aromatic carbocycles. The Labute approximate surface area is 107 Å². The third-order valence-corrected chi connectivity index (χ3v) is 3.74. The minimum Gasteiger partial charge on any atom is -0.377 e. The zero-order chi connectivity index (χ0) is 12.5. The van der Waals surface area contributed by atoms with E-state index in [0.717, 1.165) is 25.3 Å². The Balaban J connectivity index is 1.78. The van der Waals surface area contributed by atoms with E-state index in [1.165, 1.54) is 10.9 Å². The average molecular weight is 245 g/mol. The normalized spacial score (nSPS) is 23.9. The first-order valence-corrected chi connectivity index (χ1v) is 6.51. The fourth-order valence-corrected chi connectivity index (χ4v) is 2.65. The maximum atomic E-state index is 5.56. The number of nitrogens with one attached hydrogen (secondary N) is 1. The minimum atomic E-state index is 0.306. The Morgan fingerprint density at radius 3 is 3.06 bits per heavy atom. The van der Waals surface area contributed by atoms with Crippen molar-refractivity contribution < 1.29 is 4.74 Å². The molecule has 1 N–H and O–H groups in total. The van der Waals surface area contributed by atoms with Gasteiger partial charge in [0.15, 0.2) is 0 Å². The summed E-state index contributed by atoms with van der Waals surface area (Å²) >= 11 is 0. The van der Waals surface area contributed by atoms with Gasteiger partial charge in [-0.05, 0) is 19.4 Å². The lowest BCUT2D eigenvalue weighted by atomic mass is 10.1. The van der Waals surface area contributed by atoms with Crippen LogP contribution in [0.3, 0.4) is 0 Å². The maximum Gasteiger partial charge on any atom is 0.0841 e. The molecule has 1 saturated heterocycles. The molecule has 1 aromatic heterocycles. The van der Waals surface area contributed by atoms with Gasteiger partial charge in [-0.15, -0.1) is 0 Å². The van der Waals surface area contributed by atoms with Crippen LogP contribution in [-0.4, -0.2) is 28.5 Å². The van der Waals surface area contributed by atoms with E-state index < -0.39 is 0 Å². The van der Waals surface area contributed by atoms with E-state index in [0.29, 0.717) is 12.1 Å². The Morgan fingerprint density at radius 1 is 1.44 bits per heavy atom. The van der Waals surface area contributed by atoms with Gasteiger partial charge in [0, 0.05) is 31.6 Å². The van der Waals surface area contributed by atoms with Crippen LogP contribution in [0.1, 0.15) is 19.0 Å². The Bertz CT molecular complexity index is 549. The Hall–Kier alpha value is -1.39. The molecule has 0 saturated carbocycles. The Morgan fingerprint density at radius 2 is 2.28 bits per heavy atom. The molecule has 0 amide bonds. The van der Waals surface area contributed by atoms with Crippen molar-refractivity contribution in [2.24, 2.45) is 7.05 Å². The SMILES string of the molecule is CC1OCCC1NCc1nn(C)c2ccccc12. The molecule has 3 rings (SSSR count). The molecule has 1 aliphatic rings. The van der Waals surface area contributed by atoms with Crippen molar-refractivity contribution in [3.63, 3.8) is 0 Å². The summed E-state index contributed by atoms with van der Waals surface area (Å²) in [5, 5.41) is 9.38. The number of para-hydroxylation sites is 1. The summed E-state index contributed by atoms with van der Waals surface area (Å²) in [5.74, 6) is 0. The molecular formula is C14H19N3O. The standard InChI is InChI=1S/C14H19N3O/c1-10-12(7-8-18-10)15-9-13-11-5-3-4-6-14(11)17(2)16-13/h3-6,10,12,15H,7-9H2,1-2H3. The van der Waals surface area contributed by atoms with Gasteiger partial charge in [0.1, 0.15) is 0 Å². The molecular weight excluding hydrogens is 226 g/mol. The van der Waals surface area contributed by atoms with Crippen molar-refractivity contribution in [2.45, 2.75) is 32.0 Å². The van der Waals surface area contributed by atoms with Gasteiger partial charge in [-0.25, -0.2) is 0 Å². The third-order valence-electron chi connectivity index (χ3n) is 3.74. The summed E-state index contributed by atoms with van der Waals surface area (Å²) in [6, 6.07) is 8.80. The molecule has 1 fully saturated rings. The van der Waals surface area contributed by atoms with Crippen molar-refractivity contribution in [3.05, 3.63) is 30.0 Å². The van der Waals surface area contributed by atoms with Gasteiger partial charge < -0.3 is 10.1 Å². The van der Waals surface area contributed by atoms with Crippen molar-refractivity contribution in [1.82, 2.24) is 15.1 Å². The van der Waals surface area contributed by atoms with E-state index in [1.54, 1.807) is 0 Å². The summed E-state index contributed by atoms with van der Waals surface area (Å²) in [6.07, 6.45) is 1.39. The fourth-order valence-electron chi connectivity index (χ4n) is 2.65. The predicted molar refractivity (Wildman–Crippen MR) is 71.4 cm³/mol. The number of fused-ring (bicyclic) bond motifs is 1. The molecule has 1 aliphatic heterocycles. The first-order chi connectivity index (χ1) is 8.75. The topological polar surface area (TPSA) is 39.1 Å². The first-order valence-electron chi connectivity index (χ1n) is 6.51. The summed E-state index contributed by atoms with van der Waals surface area (Å²) in [4.78, 5) is 0. The number of ether oxygens (including phenoxy) is 1. The van der Waals surface area contributed by atoms with Gasteiger partial charge in [-0.3, -0.25) is 4.68 Å². The molecule has 0 aliphatic carbocycles. The highest BCUT2D eigenvalue weighted by Gasteiger charge is 2.23. The van der Waals surface area contributed by atoms with Crippen LogP contribution < -0.4 is 5.32 Å². The highest BCUT2D eigenvalue weighted by molar-refractivity contribution is 5.81. The quantitative estimate of drug-likeness (QED) is 0.897. The van der Waals surface area contributed by atoms with Crippen LogP contribution in [0.15, 0.2) is 24.3 Å². The second kappa shape index (κ2) is 4.71. The lowest BCUT2D eigenvalue weighted by Gasteiger charge is -2.14. The monoisotopic (exact) mass is 245 g/mol. The van der Waals surface area contributed by atoms with Crippen LogP contribution in [0.25, 0.3) is 10.9 Å². The van der Waals surface area contributed by atoms with E-state index in [1.807, 2.05) is 17.8 Å². The predicted octanol–water partition coefficient (Wildman–Crippen LogP) is 1.84. The molecule has 4 nitrogen and oxygen atoms in total. The number of nitrogens with zero attached hydrogens (tertiary/aromatic N) is 2. The summed E-state index contributed by atoms with van der Waals surface area (Å²) < 4.78 is 7.50. The maximum absolute atomic E-state index is 5.56. The molecule has 0 spiro atoms. The third kappa shape index (κ3) is 2.02. The summed E-state index contributed by atoms with van der Waals surface area (Å²) in [6.45, 7) is 3.79. The average Bonchev–Trinajstić information content (AvgIpc) is 2.92. The number of aryl methyl sites for hydroxylation is 1. The lowest BCUT2D eigenvalue weighted by Crippen LogP contribution is -2.34. The van der Waals surface area contributed by atoms with Gasteiger partial charge >= 0.3 is 0 Å². The van der Waals surface area contributed by atoms with Crippen LogP contribution in [0, 0.1) is 0 Å². The van der Waals surface area contributed by atoms with Crippen molar-refractivity contribution in [2.75, 3.05) is 6.61 Å². The van der Waals surface area contributed by atoms with Gasteiger partial charge in [0.05, 0.1) is 17.3 Å². The van der Waals surface area contributed by atoms with Gasteiger partial charge in [0.25, 0.3) is 0 Å². The number of aromatic nitrogens is 2. The van der Waals surface area contributed by atoms with E-state index in [2.05, 4.69) is 35.5 Å². The highest BCUT2D eigenvalue weighted by Crippen LogP contribution is 2.18. The van der Waals surface area contributed by atoms with E-state index in [4.69, 9.17) is 4.74 Å². The Kier molecular flexibility index (Phi) is 3.06. The van der Waals surface area contributed by atoms with Crippen LogP contribution in [0.2, 0.25) is 0 Å². The van der Waals surface area contributed by atoms with Crippen molar-refractivity contribution in [1.29, 1.82) is 0 Å². The second-order valence-electron chi connectivity index (χ2n) is 4.94. The van der Waals surface area contributed by atoms with E-state index in [9.17, 15) is 0 Å². The zero-order valence-electron chi connectivity index (χ0n) is 10.9. The van der Waals surface area contributed by atoms with Gasteiger partial charge in [0.2, 0.25) is 0 Å². The smallest absolute Gasteiger partial charge is 0.0841 e. The number of hydrogen-bond acceptors (Lipinski definition) is 3. The second-order valence-corrected chi connectivity index (χ2v) is 4.94. The molecule has 0 bridgehead atoms. The largest absolute Gasteiger partial charge is 0.377 e. The van der Waals surface area contributed by atoms with Crippen molar-refractivity contribution >= 4 is 10.9 Å². The molecule has 2 heterocycles. The summed E-state index contributed by atoms with van der Waals surface area (Å²) in [7, 11) is 1.99. The molecule has 0 radical (unpaired) electrons. The number of hydrogen-bond donors (Lipinski definition) is 1. The van der Waals surface area contributed by atoms with Crippen molar-refractivity contribution in [3.8, 4) is 0 Å². The van der Waals surface area contributed by atoms with E-state index in [-0.39, 0.29) is 0 Å². The van der Waals surface area contributed by atoms with Gasteiger partial charge in [-0.2, -0.15) is 5.10 Å². The minimum absolute atomic E-state index is 0.306. The number of rotatable bonds is 3. The van der Waals surface area contributed by atoms with E-state index >= 15 is 0 Å². The molecule has 18 heavy (non-hydrogen) atoms. The molecule has 4 heteroatoms. The van der Waals surface area contributed by atoms with Gasteiger partial charge in [-0.1, -0.05) is 18.2 Å². The van der Waals surface area contributed by atoms with Crippen LogP contribution in [0.4, 0.5) is 0 Å². The zero-order valence-corrected chi connectivity index (χ0v) is 10.9. The first kappa shape index (κ1) is 11.7. The van der Waals surface area contributed by atoms with Crippen LogP contribution in [-0.2, 0) is 18.3 Å². The summed E-state index contributed by atoms with van der Waals surface area (Å²) in [5.41, 5.74) is 2.30. The fraction of sp³-hybridized carbons (Fsp3) is 0.500. The molecule has 2 unspecified atom stereocenters. The molecule has 2 aromatic rings. The van der Waals surface area contributed by atoms with Crippen LogP contribution in [0.5, 0.6) is 0 Å². The molecule has 2 atom stereocenters. The van der Waals surface area contributed by atoms with Crippen LogP contribution >= 0.6 is 0 Å². The number of benzene rings is 1. The lowest BCUT2D eigenvalue weighted by molar-refractivity contribution is 0.113.